The van der Waals surface area contributed by atoms with Gasteiger partial charge in [-0.1, -0.05) is 0 Å². The molecule has 0 N–H and O–H groups in total. The molecule has 1 aliphatic heterocycles. The summed E-state index contributed by atoms with van der Waals surface area (Å²) in [6.45, 7) is 3.14. The van der Waals surface area contributed by atoms with E-state index in [1.807, 2.05) is 23.3 Å². The fourth-order valence-corrected chi connectivity index (χ4v) is 3.73. The second-order valence-corrected chi connectivity index (χ2v) is 7.50. The molecular formula is C16H13BrN4OS. The molecular weight excluding hydrogens is 376 g/mol. The van der Waals surface area contributed by atoms with E-state index in [9.17, 15) is 4.79 Å². The number of rotatable bonds is 1. The highest BCUT2D eigenvalue weighted by atomic mass is 79.9. The van der Waals surface area contributed by atoms with Gasteiger partial charge >= 0.3 is 0 Å². The highest BCUT2D eigenvalue weighted by molar-refractivity contribution is 9.10. The summed E-state index contributed by atoms with van der Waals surface area (Å²) < 4.78 is 0.924. The minimum absolute atomic E-state index is 0.00698. The molecule has 23 heavy (non-hydrogen) atoms. The van der Waals surface area contributed by atoms with E-state index in [0.29, 0.717) is 18.8 Å². The van der Waals surface area contributed by atoms with Gasteiger partial charge in [-0.3, -0.25) is 4.79 Å². The molecule has 5 nitrogen and oxygen atoms in total. The van der Waals surface area contributed by atoms with Crippen LogP contribution in [0.3, 0.4) is 0 Å². The van der Waals surface area contributed by atoms with Gasteiger partial charge in [0.1, 0.15) is 5.69 Å². The van der Waals surface area contributed by atoms with Crippen LogP contribution in [0, 0.1) is 6.92 Å². The zero-order valence-electron chi connectivity index (χ0n) is 12.4. The topological polar surface area (TPSA) is 59.0 Å². The Morgan fingerprint density at radius 3 is 3.00 bits per heavy atom. The summed E-state index contributed by atoms with van der Waals surface area (Å²) in [7, 11) is 0. The van der Waals surface area contributed by atoms with Crippen LogP contribution in [0.1, 0.15) is 26.8 Å². The maximum Gasteiger partial charge on any atom is 0.273 e. The van der Waals surface area contributed by atoms with E-state index in [1.54, 1.807) is 6.20 Å². The Labute approximate surface area is 145 Å². The molecule has 4 heterocycles. The Morgan fingerprint density at radius 2 is 2.22 bits per heavy atom. The quantitative estimate of drug-likeness (QED) is 0.641. The molecule has 1 amide bonds. The minimum Gasteiger partial charge on any atom is -0.332 e. The van der Waals surface area contributed by atoms with Crippen LogP contribution in [0.2, 0.25) is 0 Å². The summed E-state index contributed by atoms with van der Waals surface area (Å²) in [5.41, 5.74) is 3.41. The van der Waals surface area contributed by atoms with Crippen LogP contribution in [0.4, 0.5) is 0 Å². The van der Waals surface area contributed by atoms with Crippen molar-refractivity contribution in [2.75, 3.05) is 6.54 Å². The maximum atomic E-state index is 12.6. The van der Waals surface area contributed by atoms with Gasteiger partial charge in [0, 0.05) is 46.6 Å². The number of fused-ring (bicyclic) bond motifs is 2. The Morgan fingerprint density at radius 1 is 1.35 bits per heavy atom. The number of carbonyl (C=O) groups excluding carboxylic acids is 1. The number of aryl methyl sites for hydroxylation is 1. The Hall–Kier alpha value is -1.86. The van der Waals surface area contributed by atoms with E-state index in [4.69, 9.17) is 0 Å². The van der Waals surface area contributed by atoms with Gasteiger partial charge in [0.05, 0.1) is 5.01 Å². The smallest absolute Gasteiger partial charge is 0.273 e. The van der Waals surface area contributed by atoms with E-state index in [2.05, 4.69) is 36.9 Å². The number of nitrogens with zero attached hydrogens (tertiary/aromatic N) is 4. The van der Waals surface area contributed by atoms with Crippen molar-refractivity contribution in [3.8, 4) is 0 Å². The van der Waals surface area contributed by atoms with Crippen LogP contribution >= 0.6 is 27.3 Å². The van der Waals surface area contributed by atoms with Crippen molar-refractivity contribution in [2.45, 2.75) is 19.9 Å². The van der Waals surface area contributed by atoms with Gasteiger partial charge < -0.3 is 4.90 Å². The number of carbonyl (C=O) groups is 1. The summed E-state index contributed by atoms with van der Waals surface area (Å²) in [5.74, 6) is -0.00698. The van der Waals surface area contributed by atoms with Crippen molar-refractivity contribution in [1.82, 2.24) is 19.9 Å². The molecule has 7 heteroatoms. The largest absolute Gasteiger partial charge is 0.332 e. The number of thiazole rings is 1. The molecule has 116 valence electrons. The monoisotopic (exact) mass is 388 g/mol. The van der Waals surface area contributed by atoms with Gasteiger partial charge in [0.25, 0.3) is 5.91 Å². The minimum atomic E-state index is -0.00698. The first kappa shape index (κ1) is 14.7. The first-order chi connectivity index (χ1) is 11.1. The molecule has 1 aliphatic rings. The van der Waals surface area contributed by atoms with E-state index < -0.39 is 0 Å². The number of amides is 1. The highest BCUT2D eigenvalue weighted by Gasteiger charge is 2.24. The third-order valence-electron chi connectivity index (χ3n) is 3.91. The van der Waals surface area contributed by atoms with Crippen LogP contribution in [-0.2, 0) is 13.0 Å². The molecule has 0 aliphatic carbocycles. The van der Waals surface area contributed by atoms with Crippen LogP contribution in [0.25, 0.3) is 11.0 Å². The molecule has 0 spiro atoms. The van der Waals surface area contributed by atoms with Crippen molar-refractivity contribution >= 4 is 44.2 Å². The molecule has 3 aromatic rings. The van der Waals surface area contributed by atoms with Crippen LogP contribution in [-0.4, -0.2) is 32.3 Å². The third kappa shape index (κ3) is 2.74. The molecule has 0 atom stereocenters. The van der Waals surface area contributed by atoms with Gasteiger partial charge in [-0.15, -0.1) is 11.3 Å². The Kier molecular flexibility index (Phi) is 3.61. The summed E-state index contributed by atoms with van der Waals surface area (Å²) in [4.78, 5) is 27.7. The van der Waals surface area contributed by atoms with Gasteiger partial charge in [0.15, 0.2) is 5.65 Å². The standard InChI is InChI=1S/C16H13BrN4OS/c1-9-19-14(8-23-9)16(22)21-3-2-13-11(7-21)4-10-5-12(17)6-18-15(10)20-13/h4-6,8H,2-3,7H2,1H3. The second kappa shape index (κ2) is 5.65. The molecule has 0 bridgehead atoms. The predicted molar refractivity (Wildman–Crippen MR) is 92.5 cm³/mol. The van der Waals surface area contributed by atoms with E-state index in [1.165, 1.54) is 11.3 Å². The molecule has 0 saturated heterocycles. The lowest BCUT2D eigenvalue weighted by atomic mass is 10.0. The first-order valence-electron chi connectivity index (χ1n) is 7.25. The van der Waals surface area contributed by atoms with Crippen molar-refractivity contribution in [2.24, 2.45) is 0 Å². The van der Waals surface area contributed by atoms with Gasteiger partial charge in [-0.05, 0) is 40.5 Å². The number of pyridine rings is 2. The lowest BCUT2D eigenvalue weighted by Gasteiger charge is -2.27. The zero-order chi connectivity index (χ0) is 16.0. The van der Waals surface area contributed by atoms with Gasteiger partial charge in [-0.25, -0.2) is 15.0 Å². The van der Waals surface area contributed by atoms with Crippen LogP contribution in [0.5, 0.6) is 0 Å². The Balaban J connectivity index is 1.67. The lowest BCUT2D eigenvalue weighted by Crippen LogP contribution is -2.36. The average Bonchev–Trinajstić information content (AvgIpc) is 2.98. The van der Waals surface area contributed by atoms with E-state index >= 15 is 0 Å². The third-order valence-corrected chi connectivity index (χ3v) is 5.12. The van der Waals surface area contributed by atoms with Crippen LogP contribution in [0.15, 0.2) is 28.2 Å². The molecule has 0 saturated carbocycles. The summed E-state index contributed by atoms with van der Waals surface area (Å²) >= 11 is 4.94. The van der Waals surface area contributed by atoms with Crippen molar-refractivity contribution < 1.29 is 4.79 Å². The Bertz CT molecular complexity index is 924. The van der Waals surface area contributed by atoms with Crippen molar-refractivity contribution in [3.05, 3.63) is 50.1 Å². The fourth-order valence-electron chi connectivity index (χ4n) is 2.79. The number of aromatic nitrogens is 3. The molecule has 0 radical (unpaired) electrons. The van der Waals surface area contributed by atoms with Gasteiger partial charge in [0.2, 0.25) is 0 Å². The van der Waals surface area contributed by atoms with Crippen molar-refractivity contribution in [3.63, 3.8) is 0 Å². The molecule has 0 aromatic carbocycles. The molecule has 0 fully saturated rings. The summed E-state index contributed by atoms with van der Waals surface area (Å²) in [6, 6.07) is 4.08. The van der Waals surface area contributed by atoms with E-state index in [-0.39, 0.29) is 5.91 Å². The predicted octanol–water partition coefficient (Wildman–Crippen LogP) is 3.36. The number of halogens is 1. The normalized spacial score (nSPS) is 14.1. The highest BCUT2D eigenvalue weighted by Crippen LogP contribution is 2.24. The van der Waals surface area contributed by atoms with Gasteiger partial charge in [-0.2, -0.15) is 0 Å². The summed E-state index contributed by atoms with van der Waals surface area (Å²) in [5, 5.41) is 3.72. The second-order valence-electron chi connectivity index (χ2n) is 5.52. The number of hydrogen-bond acceptors (Lipinski definition) is 5. The SMILES string of the molecule is Cc1nc(C(=O)N2CCc3nc4ncc(Br)cc4cc3C2)cs1. The number of hydrogen-bond donors (Lipinski definition) is 0. The molecule has 0 unspecified atom stereocenters. The summed E-state index contributed by atoms with van der Waals surface area (Å²) in [6.07, 6.45) is 2.50. The van der Waals surface area contributed by atoms with E-state index in [0.717, 1.165) is 38.2 Å². The average molecular weight is 389 g/mol. The van der Waals surface area contributed by atoms with Crippen LogP contribution < -0.4 is 0 Å². The zero-order valence-corrected chi connectivity index (χ0v) is 14.8. The molecule has 4 rings (SSSR count). The fraction of sp³-hybridized carbons (Fsp3) is 0.250. The molecule has 3 aromatic heterocycles. The first-order valence-corrected chi connectivity index (χ1v) is 8.93. The maximum absolute atomic E-state index is 12.6. The van der Waals surface area contributed by atoms with Crippen molar-refractivity contribution in [1.29, 1.82) is 0 Å². The lowest BCUT2D eigenvalue weighted by molar-refractivity contribution is 0.0728.